The molecule has 2 aromatic rings. The zero-order valence-corrected chi connectivity index (χ0v) is 18.6. The van der Waals surface area contributed by atoms with Crippen LogP contribution in [-0.4, -0.2) is 42.9 Å². The van der Waals surface area contributed by atoms with Crippen molar-refractivity contribution < 1.29 is 31.0 Å². The Morgan fingerprint density at radius 3 is 2.56 bits per heavy atom. The number of quaternary nitrogens is 1. The summed E-state index contributed by atoms with van der Waals surface area (Å²) in [6, 6.07) is 10.7. The summed E-state index contributed by atoms with van der Waals surface area (Å²) in [5, 5.41) is 5.59. The summed E-state index contributed by atoms with van der Waals surface area (Å²) in [7, 11) is 4.61. The van der Waals surface area contributed by atoms with E-state index in [1.807, 2.05) is 29.6 Å². The maximum Gasteiger partial charge on any atom is 0.411 e. The number of carbonyl (C=O) groups excluding carboxylic acids is 1. The predicted octanol–water partition coefficient (Wildman–Crippen LogP) is 2.39. The molecular weight excluding hydrogens is 448 g/mol. The van der Waals surface area contributed by atoms with Crippen molar-refractivity contribution >= 4 is 34.7 Å². The van der Waals surface area contributed by atoms with Crippen LogP contribution in [0, 0.1) is 0 Å². The molecule has 1 aromatic heterocycles. The average molecular weight is 472 g/mol. The fourth-order valence-electron chi connectivity index (χ4n) is 4.48. The number of amides is 1. The molecule has 2 aliphatic rings. The molecule has 146 valence electrons. The van der Waals surface area contributed by atoms with Crippen LogP contribution in [0.5, 0.6) is 0 Å². The second kappa shape index (κ2) is 8.11. The summed E-state index contributed by atoms with van der Waals surface area (Å²) in [6.45, 7) is 0. The smallest absolute Gasteiger partial charge is 0.411 e. The Labute approximate surface area is 179 Å². The average Bonchev–Trinajstić information content (AvgIpc) is 3.13. The number of carbonyl (C=O) groups is 1. The molecule has 0 radical (unpaired) electrons. The molecule has 2 saturated heterocycles. The molecule has 1 N–H and O–H groups in total. The van der Waals surface area contributed by atoms with Crippen molar-refractivity contribution in [2.45, 2.75) is 43.9 Å². The van der Waals surface area contributed by atoms with Crippen molar-refractivity contribution in [3.8, 4) is 10.4 Å². The molecule has 0 spiro atoms. The van der Waals surface area contributed by atoms with Gasteiger partial charge in [0.1, 0.15) is 6.10 Å². The standard InChI is InChI=1S/C20H23ClN2O2S.BrH/c1-23(2)14-6-7-15(23)12-16(11-14)25-20(24)22-18-8-5-13(21)10-17(18)19-4-3-9-26-19;/h3-5,8-10,14-16H,6-7,11-12H2,1-2H3;1H. The van der Waals surface area contributed by atoms with Gasteiger partial charge in [0.15, 0.2) is 0 Å². The highest BCUT2D eigenvalue weighted by Crippen LogP contribution is 2.41. The molecule has 0 aliphatic carbocycles. The van der Waals surface area contributed by atoms with E-state index in [9.17, 15) is 4.79 Å². The Hall–Kier alpha value is -1.08. The highest BCUT2D eigenvalue weighted by Gasteiger charge is 2.49. The zero-order chi connectivity index (χ0) is 18.3. The highest BCUT2D eigenvalue weighted by molar-refractivity contribution is 7.13. The van der Waals surface area contributed by atoms with Crippen LogP contribution < -0.4 is 22.3 Å². The molecule has 4 nitrogen and oxygen atoms in total. The van der Waals surface area contributed by atoms with Crippen LogP contribution in [0.3, 0.4) is 0 Å². The number of thiophene rings is 1. The van der Waals surface area contributed by atoms with E-state index < -0.39 is 0 Å². The maximum atomic E-state index is 12.5. The van der Waals surface area contributed by atoms with Gasteiger partial charge in [-0.3, -0.25) is 5.32 Å². The number of rotatable bonds is 3. The van der Waals surface area contributed by atoms with Crippen molar-refractivity contribution in [3.63, 3.8) is 0 Å². The van der Waals surface area contributed by atoms with Gasteiger partial charge in [-0.25, -0.2) is 4.79 Å². The molecular formula is C20H24BrClN2O2S. The molecule has 1 amide bonds. The number of benzene rings is 1. The molecule has 7 heteroatoms. The molecule has 2 aliphatic heterocycles. The second-order valence-corrected chi connectivity index (χ2v) is 9.19. The first-order valence-electron chi connectivity index (χ1n) is 9.08. The van der Waals surface area contributed by atoms with E-state index in [-0.39, 0.29) is 29.2 Å². The highest BCUT2D eigenvalue weighted by atomic mass is 79.9. The lowest BCUT2D eigenvalue weighted by Gasteiger charge is -2.43. The lowest BCUT2D eigenvalue weighted by Crippen LogP contribution is -3.00. The quantitative estimate of drug-likeness (QED) is 0.698. The summed E-state index contributed by atoms with van der Waals surface area (Å²) in [6.07, 6.45) is 4.01. The topological polar surface area (TPSA) is 38.3 Å². The fourth-order valence-corrected chi connectivity index (χ4v) is 5.41. The van der Waals surface area contributed by atoms with E-state index in [4.69, 9.17) is 16.3 Å². The van der Waals surface area contributed by atoms with Gasteiger partial charge in [0.25, 0.3) is 0 Å². The Morgan fingerprint density at radius 1 is 1.22 bits per heavy atom. The Morgan fingerprint density at radius 2 is 1.93 bits per heavy atom. The molecule has 27 heavy (non-hydrogen) atoms. The summed E-state index contributed by atoms with van der Waals surface area (Å²) in [5.41, 5.74) is 1.66. The van der Waals surface area contributed by atoms with Crippen LogP contribution in [0.25, 0.3) is 10.4 Å². The van der Waals surface area contributed by atoms with E-state index >= 15 is 0 Å². The van der Waals surface area contributed by atoms with Gasteiger partial charge in [-0.2, -0.15) is 0 Å². The summed E-state index contributed by atoms with van der Waals surface area (Å²) in [4.78, 5) is 13.6. The third-order valence-corrected chi connectivity index (χ3v) is 7.20. The first kappa shape index (κ1) is 20.6. The number of piperidine rings is 1. The molecule has 0 saturated carbocycles. The number of nitrogens with one attached hydrogen (secondary N) is 1. The third kappa shape index (κ3) is 4.19. The van der Waals surface area contributed by atoms with Crippen LogP contribution in [-0.2, 0) is 4.74 Å². The van der Waals surface area contributed by atoms with E-state index in [1.165, 1.54) is 12.8 Å². The SMILES string of the molecule is C[N+]1(C)C2CCC1CC(OC(=O)Nc1ccc(Cl)cc1-c1cccs1)C2.[Br-]. The van der Waals surface area contributed by atoms with Crippen LogP contribution in [0.2, 0.25) is 5.02 Å². The second-order valence-electron chi connectivity index (χ2n) is 7.81. The Kier molecular flexibility index (Phi) is 6.21. The normalized spacial score (nSPS) is 25.5. The summed E-state index contributed by atoms with van der Waals surface area (Å²) >= 11 is 7.77. The number of halogens is 2. The molecule has 1 aromatic carbocycles. The maximum absolute atomic E-state index is 12.5. The van der Waals surface area contributed by atoms with Crippen molar-refractivity contribution in [3.05, 3.63) is 40.7 Å². The van der Waals surface area contributed by atoms with Gasteiger partial charge in [0, 0.05) is 41.1 Å². The minimum Gasteiger partial charge on any atom is -1.00 e. The fraction of sp³-hybridized carbons (Fsp3) is 0.450. The van der Waals surface area contributed by atoms with E-state index in [1.54, 1.807) is 17.4 Å². The molecule has 2 atom stereocenters. The van der Waals surface area contributed by atoms with Gasteiger partial charge in [-0.1, -0.05) is 17.7 Å². The van der Waals surface area contributed by atoms with Gasteiger partial charge in [0.2, 0.25) is 0 Å². The van der Waals surface area contributed by atoms with Gasteiger partial charge in [0.05, 0.1) is 31.9 Å². The van der Waals surface area contributed by atoms with Gasteiger partial charge in [-0.05, 0) is 29.6 Å². The number of ether oxygens (including phenoxy) is 1. The number of hydrogen-bond acceptors (Lipinski definition) is 3. The Bertz CT molecular complexity index is 796. The number of anilines is 1. The number of nitrogens with zero attached hydrogens (tertiary/aromatic N) is 1. The van der Waals surface area contributed by atoms with E-state index in [2.05, 4.69) is 19.4 Å². The Balaban J connectivity index is 0.00000210. The molecule has 4 rings (SSSR count). The third-order valence-electron chi connectivity index (χ3n) is 6.06. The van der Waals surface area contributed by atoms with Crippen molar-refractivity contribution in [2.24, 2.45) is 0 Å². The van der Waals surface area contributed by atoms with Crippen LogP contribution in [0.15, 0.2) is 35.7 Å². The monoisotopic (exact) mass is 470 g/mol. The molecule has 2 unspecified atom stereocenters. The number of hydrogen-bond donors (Lipinski definition) is 1. The lowest BCUT2D eigenvalue weighted by atomic mass is 9.98. The minimum atomic E-state index is -0.373. The predicted molar refractivity (Wildman–Crippen MR) is 107 cm³/mol. The van der Waals surface area contributed by atoms with Gasteiger partial charge in [-0.15, -0.1) is 11.3 Å². The van der Waals surface area contributed by atoms with Crippen LogP contribution in [0.4, 0.5) is 10.5 Å². The first-order valence-corrected chi connectivity index (χ1v) is 10.3. The largest absolute Gasteiger partial charge is 1.00 e. The van der Waals surface area contributed by atoms with Crippen molar-refractivity contribution in [1.29, 1.82) is 0 Å². The van der Waals surface area contributed by atoms with Gasteiger partial charge >= 0.3 is 6.09 Å². The van der Waals surface area contributed by atoms with E-state index in [0.717, 1.165) is 33.5 Å². The summed E-state index contributed by atoms with van der Waals surface area (Å²) in [5.74, 6) is 0. The molecule has 3 heterocycles. The minimum absolute atomic E-state index is 0. The molecule has 2 bridgehead atoms. The summed E-state index contributed by atoms with van der Waals surface area (Å²) < 4.78 is 6.85. The molecule has 2 fully saturated rings. The first-order chi connectivity index (χ1) is 12.4. The van der Waals surface area contributed by atoms with Crippen molar-refractivity contribution in [1.82, 2.24) is 0 Å². The van der Waals surface area contributed by atoms with Gasteiger partial charge < -0.3 is 26.2 Å². The van der Waals surface area contributed by atoms with Crippen LogP contribution in [0.1, 0.15) is 25.7 Å². The lowest BCUT2D eigenvalue weighted by molar-refractivity contribution is -0.931. The van der Waals surface area contributed by atoms with Crippen LogP contribution >= 0.6 is 22.9 Å². The van der Waals surface area contributed by atoms with Crippen molar-refractivity contribution in [2.75, 3.05) is 19.4 Å². The number of fused-ring (bicyclic) bond motifs is 2. The van der Waals surface area contributed by atoms with E-state index in [0.29, 0.717) is 17.1 Å². The zero-order valence-electron chi connectivity index (χ0n) is 15.5.